The van der Waals surface area contributed by atoms with Crippen molar-refractivity contribution in [3.63, 3.8) is 0 Å². The largest absolute Gasteiger partial charge is 0.313 e. The van der Waals surface area contributed by atoms with E-state index >= 15 is 0 Å². The van der Waals surface area contributed by atoms with Gasteiger partial charge in [0.1, 0.15) is 0 Å². The molecule has 1 heterocycles. The molecule has 0 aromatic heterocycles. The van der Waals surface area contributed by atoms with Gasteiger partial charge in [0, 0.05) is 38.3 Å². The monoisotopic (exact) mass is 281 g/mol. The number of rotatable bonds is 6. The number of nitrogens with one attached hydrogen (secondary N) is 1. The number of likely N-dealkylation sites (N-methyl/N-ethyl adjacent to an activating group) is 2. The summed E-state index contributed by atoms with van der Waals surface area (Å²) in [7, 11) is 0. The molecule has 1 aliphatic heterocycles. The van der Waals surface area contributed by atoms with Gasteiger partial charge >= 0.3 is 0 Å². The Morgan fingerprint density at radius 1 is 1.00 bits per heavy atom. The molecule has 2 aliphatic rings. The van der Waals surface area contributed by atoms with Crippen molar-refractivity contribution in [1.82, 2.24) is 15.1 Å². The van der Waals surface area contributed by atoms with Crippen molar-refractivity contribution in [3.8, 4) is 0 Å². The molecule has 0 spiro atoms. The van der Waals surface area contributed by atoms with Crippen molar-refractivity contribution in [2.24, 2.45) is 5.92 Å². The maximum Gasteiger partial charge on any atom is 0.0253 e. The lowest BCUT2D eigenvalue weighted by Gasteiger charge is -2.46. The predicted molar refractivity (Wildman–Crippen MR) is 87.2 cm³/mol. The maximum atomic E-state index is 3.76. The molecule has 3 nitrogen and oxygen atoms in total. The van der Waals surface area contributed by atoms with Crippen molar-refractivity contribution in [1.29, 1.82) is 0 Å². The molecule has 1 N–H and O–H groups in total. The van der Waals surface area contributed by atoms with E-state index < -0.39 is 0 Å². The van der Waals surface area contributed by atoms with Crippen LogP contribution in [-0.4, -0.2) is 61.2 Å². The van der Waals surface area contributed by atoms with Crippen LogP contribution in [0, 0.1) is 5.92 Å². The number of piperazine rings is 1. The van der Waals surface area contributed by atoms with Gasteiger partial charge in [-0.3, -0.25) is 4.90 Å². The average Bonchev–Trinajstić information content (AvgIpc) is 2.49. The third-order valence-corrected chi connectivity index (χ3v) is 5.41. The lowest BCUT2D eigenvalue weighted by molar-refractivity contribution is 0.0485. The molecule has 1 saturated heterocycles. The number of hydrogen-bond acceptors (Lipinski definition) is 3. The van der Waals surface area contributed by atoms with Crippen molar-refractivity contribution < 1.29 is 0 Å². The molecule has 1 saturated carbocycles. The van der Waals surface area contributed by atoms with Crippen LogP contribution in [-0.2, 0) is 0 Å². The van der Waals surface area contributed by atoms with Crippen LogP contribution < -0.4 is 5.32 Å². The van der Waals surface area contributed by atoms with Crippen molar-refractivity contribution in [2.45, 2.75) is 65.0 Å². The summed E-state index contributed by atoms with van der Waals surface area (Å²) in [6.45, 7) is 14.3. The molecule has 3 unspecified atom stereocenters. The summed E-state index contributed by atoms with van der Waals surface area (Å²) < 4.78 is 0. The summed E-state index contributed by atoms with van der Waals surface area (Å²) in [5.74, 6) is 0.976. The fourth-order valence-corrected chi connectivity index (χ4v) is 4.22. The second-order valence-corrected chi connectivity index (χ2v) is 6.67. The molecule has 0 aromatic carbocycles. The van der Waals surface area contributed by atoms with Crippen LogP contribution in [0.5, 0.6) is 0 Å². The van der Waals surface area contributed by atoms with E-state index in [2.05, 4.69) is 35.9 Å². The molecule has 0 radical (unpaired) electrons. The highest BCUT2D eigenvalue weighted by molar-refractivity contribution is 4.92. The summed E-state index contributed by atoms with van der Waals surface area (Å²) in [6, 6.07) is 1.53. The number of nitrogens with zero attached hydrogens (tertiary/aromatic N) is 2. The first kappa shape index (κ1) is 16.3. The first-order valence-electron chi connectivity index (χ1n) is 8.98. The lowest BCUT2D eigenvalue weighted by Crippen LogP contribution is -2.58. The molecule has 1 aliphatic carbocycles. The van der Waals surface area contributed by atoms with Crippen molar-refractivity contribution >= 4 is 0 Å². The minimum Gasteiger partial charge on any atom is -0.313 e. The van der Waals surface area contributed by atoms with E-state index in [9.17, 15) is 0 Å². The van der Waals surface area contributed by atoms with Crippen LogP contribution in [0.2, 0.25) is 0 Å². The van der Waals surface area contributed by atoms with Crippen molar-refractivity contribution in [3.05, 3.63) is 0 Å². The van der Waals surface area contributed by atoms with E-state index in [0.717, 1.165) is 24.5 Å². The van der Waals surface area contributed by atoms with E-state index in [0.29, 0.717) is 0 Å². The molecule has 2 rings (SSSR count). The van der Waals surface area contributed by atoms with E-state index in [1.165, 1.54) is 64.8 Å². The molecule has 0 aromatic rings. The fourth-order valence-electron chi connectivity index (χ4n) is 4.22. The Morgan fingerprint density at radius 3 is 2.35 bits per heavy atom. The molecule has 118 valence electrons. The second kappa shape index (κ2) is 8.35. The Bertz CT molecular complexity index is 261. The molecular weight excluding hydrogens is 246 g/mol. The first-order chi connectivity index (χ1) is 9.78. The van der Waals surface area contributed by atoms with Gasteiger partial charge < -0.3 is 10.2 Å². The van der Waals surface area contributed by atoms with Gasteiger partial charge in [0.2, 0.25) is 0 Å². The Kier molecular flexibility index (Phi) is 6.79. The summed E-state index contributed by atoms with van der Waals surface area (Å²) in [4.78, 5) is 5.38. The molecule has 2 fully saturated rings. The summed E-state index contributed by atoms with van der Waals surface area (Å²) in [6.07, 6.45) is 7.04. The zero-order chi connectivity index (χ0) is 14.4. The molecule has 0 bridgehead atoms. The fraction of sp³-hybridized carbons (Fsp3) is 1.00. The highest BCUT2D eigenvalue weighted by Gasteiger charge is 2.34. The summed E-state index contributed by atoms with van der Waals surface area (Å²) in [5.41, 5.74) is 0. The van der Waals surface area contributed by atoms with E-state index in [1.807, 2.05) is 0 Å². The van der Waals surface area contributed by atoms with Crippen LogP contribution >= 0.6 is 0 Å². The third kappa shape index (κ3) is 4.19. The molecule has 0 amide bonds. The van der Waals surface area contributed by atoms with Crippen LogP contribution in [0.15, 0.2) is 0 Å². The molecule has 20 heavy (non-hydrogen) atoms. The Balaban J connectivity index is 1.92. The first-order valence-corrected chi connectivity index (χ1v) is 8.98. The van der Waals surface area contributed by atoms with Crippen LogP contribution in [0.1, 0.15) is 52.9 Å². The van der Waals surface area contributed by atoms with Crippen molar-refractivity contribution in [2.75, 3.05) is 39.3 Å². The van der Waals surface area contributed by atoms with E-state index in [-0.39, 0.29) is 0 Å². The highest BCUT2D eigenvalue weighted by Crippen LogP contribution is 2.31. The van der Waals surface area contributed by atoms with Gasteiger partial charge in [-0.25, -0.2) is 0 Å². The van der Waals surface area contributed by atoms with E-state index in [4.69, 9.17) is 0 Å². The predicted octanol–water partition coefficient (Wildman–Crippen LogP) is 2.57. The van der Waals surface area contributed by atoms with Gasteiger partial charge in [0.05, 0.1) is 0 Å². The third-order valence-electron chi connectivity index (χ3n) is 5.41. The van der Waals surface area contributed by atoms with Crippen LogP contribution in [0.25, 0.3) is 0 Å². The normalized spacial score (nSPS) is 33.5. The Morgan fingerprint density at radius 2 is 1.75 bits per heavy atom. The van der Waals surface area contributed by atoms with Gasteiger partial charge in [0.15, 0.2) is 0 Å². The smallest absolute Gasteiger partial charge is 0.0253 e. The van der Waals surface area contributed by atoms with Gasteiger partial charge in [-0.2, -0.15) is 0 Å². The topological polar surface area (TPSA) is 18.5 Å². The zero-order valence-electron chi connectivity index (χ0n) is 13.9. The van der Waals surface area contributed by atoms with Gasteiger partial charge in [-0.05, 0) is 38.3 Å². The number of hydrogen-bond donors (Lipinski definition) is 1. The molecule has 3 atom stereocenters. The van der Waals surface area contributed by atoms with Crippen LogP contribution in [0.3, 0.4) is 0 Å². The maximum absolute atomic E-state index is 3.76. The van der Waals surface area contributed by atoms with E-state index in [1.54, 1.807) is 0 Å². The second-order valence-electron chi connectivity index (χ2n) is 6.67. The highest BCUT2D eigenvalue weighted by atomic mass is 15.3. The zero-order valence-corrected chi connectivity index (χ0v) is 13.9. The van der Waals surface area contributed by atoms with Crippen LogP contribution in [0.4, 0.5) is 0 Å². The van der Waals surface area contributed by atoms with Gasteiger partial charge in [0.25, 0.3) is 0 Å². The summed E-state index contributed by atoms with van der Waals surface area (Å²) >= 11 is 0. The van der Waals surface area contributed by atoms with Gasteiger partial charge in [-0.15, -0.1) is 0 Å². The quantitative estimate of drug-likeness (QED) is 0.807. The standard InChI is InChI=1S/C17H35N3/c1-4-7-15-8-9-16(18-5-2)17(14-15)20-12-10-19(6-3)11-13-20/h15-18H,4-14H2,1-3H3. The molecular formula is C17H35N3. The minimum atomic E-state index is 0.737. The van der Waals surface area contributed by atoms with Gasteiger partial charge in [-0.1, -0.05) is 33.6 Å². The molecule has 3 heteroatoms. The lowest BCUT2D eigenvalue weighted by atomic mass is 9.79. The summed E-state index contributed by atoms with van der Waals surface area (Å²) in [5, 5.41) is 3.76. The Hall–Kier alpha value is -0.120. The Labute approximate surface area is 126 Å². The minimum absolute atomic E-state index is 0.737. The average molecular weight is 281 g/mol. The SMILES string of the molecule is CCCC1CCC(NCC)C(N2CCN(CC)CC2)C1.